The van der Waals surface area contributed by atoms with Crippen molar-refractivity contribution in [2.24, 2.45) is 0 Å². The lowest BCUT2D eigenvalue weighted by molar-refractivity contribution is -0.389. The van der Waals surface area contributed by atoms with Gasteiger partial charge in [0.05, 0.1) is 5.69 Å². The standard InChI is InChI=1S/C15H17N3O2/c1-3-12-4-6-13(7-5-12)11(2)17-14-8-9-15(16-10-14)18(19)20/h4-11,17H,3H2,1-2H3. The number of aryl methyl sites for hydroxylation is 1. The Balaban J connectivity index is 2.06. The third kappa shape index (κ3) is 3.32. The maximum atomic E-state index is 10.5. The van der Waals surface area contributed by atoms with Crippen LogP contribution < -0.4 is 5.32 Å². The Hall–Kier alpha value is -2.43. The molecule has 0 aliphatic rings. The molecule has 0 saturated carbocycles. The molecule has 0 radical (unpaired) electrons. The number of hydrogen-bond acceptors (Lipinski definition) is 4. The summed E-state index contributed by atoms with van der Waals surface area (Å²) in [4.78, 5) is 13.8. The predicted octanol–water partition coefficient (Wildman–Crippen LogP) is 3.73. The van der Waals surface area contributed by atoms with Gasteiger partial charge in [0.25, 0.3) is 0 Å². The molecule has 0 fully saturated rings. The Morgan fingerprint density at radius 2 is 1.95 bits per heavy atom. The summed E-state index contributed by atoms with van der Waals surface area (Å²) in [6, 6.07) is 11.6. The first-order chi connectivity index (χ1) is 9.60. The van der Waals surface area contributed by atoms with Gasteiger partial charge < -0.3 is 15.4 Å². The van der Waals surface area contributed by atoms with Crippen LogP contribution in [-0.4, -0.2) is 9.91 Å². The van der Waals surface area contributed by atoms with Gasteiger partial charge in [0.1, 0.15) is 0 Å². The second-order valence-electron chi connectivity index (χ2n) is 4.62. The van der Waals surface area contributed by atoms with Crippen molar-refractivity contribution in [2.45, 2.75) is 26.3 Å². The quantitative estimate of drug-likeness (QED) is 0.664. The van der Waals surface area contributed by atoms with Gasteiger partial charge in [-0.25, -0.2) is 0 Å². The highest BCUT2D eigenvalue weighted by Crippen LogP contribution is 2.20. The number of aromatic nitrogens is 1. The third-order valence-corrected chi connectivity index (χ3v) is 3.21. The van der Waals surface area contributed by atoms with Gasteiger partial charge >= 0.3 is 5.82 Å². The van der Waals surface area contributed by atoms with Crippen molar-refractivity contribution in [3.8, 4) is 0 Å². The molecule has 0 bridgehead atoms. The predicted molar refractivity (Wildman–Crippen MR) is 78.7 cm³/mol. The van der Waals surface area contributed by atoms with Crippen LogP contribution in [0.15, 0.2) is 42.6 Å². The molecule has 1 atom stereocenters. The lowest BCUT2D eigenvalue weighted by Gasteiger charge is -2.15. The van der Waals surface area contributed by atoms with Gasteiger partial charge in [-0.1, -0.05) is 31.2 Å². The molecule has 0 saturated heterocycles. The van der Waals surface area contributed by atoms with E-state index in [0.717, 1.165) is 12.1 Å². The smallest absolute Gasteiger partial charge is 0.363 e. The van der Waals surface area contributed by atoms with E-state index in [-0.39, 0.29) is 11.9 Å². The fraction of sp³-hybridized carbons (Fsp3) is 0.267. The van der Waals surface area contributed by atoms with Crippen LogP contribution in [0.25, 0.3) is 0 Å². The molecule has 2 rings (SSSR count). The summed E-state index contributed by atoms with van der Waals surface area (Å²) in [5.41, 5.74) is 3.24. The molecule has 20 heavy (non-hydrogen) atoms. The first-order valence-corrected chi connectivity index (χ1v) is 6.56. The average molecular weight is 271 g/mol. The molecule has 5 heteroatoms. The zero-order valence-corrected chi connectivity index (χ0v) is 11.5. The molecule has 1 N–H and O–H groups in total. The summed E-state index contributed by atoms with van der Waals surface area (Å²) < 4.78 is 0. The first kappa shape index (κ1) is 14.0. The summed E-state index contributed by atoms with van der Waals surface area (Å²) in [6.07, 6.45) is 2.50. The Morgan fingerprint density at radius 3 is 2.45 bits per heavy atom. The topological polar surface area (TPSA) is 68.1 Å². The van der Waals surface area contributed by atoms with Crippen LogP contribution in [0, 0.1) is 10.1 Å². The number of benzene rings is 1. The van der Waals surface area contributed by atoms with Gasteiger partial charge in [0.2, 0.25) is 0 Å². The molecule has 0 aliphatic carbocycles. The number of pyridine rings is 1. The minimum absolute atomic E-state index is 0.115. The second kappa shape index (κ2) is 6.14. The van der Waals surface area contributed by atoms with Crippen molar-refractivity contribution >= 4 is 11.5 Å². The van der Waals surface area contributed by atoms with Crippen molar-refractivity contribution in [1.82, 2.24) is 4.98 Å². The summed E-state index contributed by atoms with van der Waals surface area (Å²) in [5, 5.41) is 13.8. The van der Waals surface area contributed by atoms with E-state index in [4.69, 9.17) is 0 Å². The molecule has 1 aromatic heterocycles. The summed E-state index contributed by atoms with van der Waals surface area (Å²) in [6.45, 7) is 4.17. The molecule has 5 nitrogen and oxygen atoms in total. The van der Waals surface area contributed by atoms with Crippen molar-refractivity contribution < 1.29 is 4.92 Å². The largest absolute Gasteiger partial charge is 0.375 e. The van der Waals surface area contributed by atoms with E-state index in [1.165, 1.54) is 23.4 Å². The fourth-order valence-corrected chi connectivity index (χ4v) is 1.95. The van der Waals surface area contributed by atoms with E-state index in [2.05, 4.69) is 41.5 Å². The summed E-state index contributed by atoms with van der Waals surface area (Å²) >= 11 is 0. The molecule has 1 unspecified atom stereocenters. The molecular weight excluding hydrogens is 254 g/mol. The van der Waals surface area contributed by atoms with Crippen molar-refractivity contribution in [3.05, 3.63) is 63.8 Å². The van der Waals surface area contributed by atoms with E-state index in [1.807, 2.05) is 6.92 Å². The van der Waals surface area contributed by atoms with Gasteiger partial charge in [-0.2, -0.15) is 0 Å². The number of anilines is 1. The van der Waals surface area contributed by atoms with Crippen LogP contribution in [0.5, 0.6) is 0 Å². The van der Waals surface area contributed by atoms with E-state index in [0.29, 0.717) is 0 Å². The second-order valence-corrected chi connectivity index (χ2v) is 4.62. The molecule has 0 amide bonds. The normalized spacial score (nSPS) is 11.9. The molecule has 2 aromatic rings. The summed E-state index contributed by atoms with van der Waals surface area (Å²) in [5.74, 6) is -0.143. The van der Waals surface area contributed by atoms with Gasteiger partial charge in [-0.3, -0.25) is 0 Å². The van der Waals surface area contributed by atoms with Crippen molar-refractivity contribution in [1.29, 1.82) is 0 Å². The molecule has 104 valence electrons. The van der Waals surface area contributed by atoms with E-state index in [1.54, 1.807) is 6.07 Å². The maximum absolute atomic E-state index is 10.5. The van der Waals surface area contributed by atoms with Gasteiger partial charge in [-0.05, 0) is 40.4 Å². The number of nitrogens with one attached hydrogen (secondary N) is 1. The Bertz CT molecular complexity index is 579. The van der Waals surface area contributed by atoms with Crippen molar-refractivity contribution in [3.63, 3.8) is 0 Å². The molecular formula is C15H17N3O2. The van der Waals surface area contributed by atoms with E-state index in [9.17, 15) is 10.1 Å². The molecule has 1 heterocycles. The Morgan fingerprint density at radius 1 is 1.25 bits per heavy atom. The number of nitro groups is 1. The lowest BCUT2D eigenvalue weighted by atomic mass is 10.0. The highest BCUT2D eigenvalue weighted by molar-refractivity contribution is 5.45. The zero-order valence-electron chi connectivity index (χ0n) is 11.5. The van der Waals surface area contributed by atoms with E-state index < -0.39 is 4.92 Å². The highest BCUT2D eigenvalue weighted by atomic mass is 16.6. The number of rotatable bonds is 5. The fourth-order valence-electron chi connectivity index (χ4n) is 1.95. The van der Waals surface area contributed by atoms with Gasteiger partial charge in [0, 0.05) is 12.1 Å². The molecule has 1 aromatic carbocycles. The van der Waals surface area contributed by atoms with Crippen LogP contribution >= 0.6 is 0 Å². The highest BCUT2D eigenvalue weighted by Gasteiger charge is 2.09. The Labute approximate surface area is 117 Å². The minimum Gasteiger partial charge on any atom is -0.375 e. The Kier molecular flexibility index (Phi) is 4.30. The van der Waals surface area contributed by atoms with Gasteiger partial charge in [0.15, 0.2) is 6.20 Å². The van der Waals surface area contributed by atoms with Gasteiger partial charge in [-0.15, -0.1) is 0 Å². The third-order valence-electron chi connectivity index (χ3n) is 3.21. The monoisotopic (exact) mass is 271 g/mol. The molecule has 0 spiro atoms. The number of hydrogen-bond donors (Lipinski definition) is 1. The SMILES string of the molecule is CCc1ccc(C(C)Nc2ccc([N+](=O)[O-])nc2)cc1. The van der Waals surface area contributed by atoms with E-state index >= 15 is 0 Å². The molecule has 0 aliphatic heterocycles. The van der Waals surface area contributed by atoms with Crippen molar-refractivity contribution in [2.75, 3.05) is 5.32 Å². The maximum Gasteiger partial charge on any atom is 0.363 e. The minimum atomic E-state index is -0.503. The zero-order chi connectivity index (χ0) is 14.5. The van der Waals surface area contributed by atoms with Crippen LogP contribution in [-0.2, 0) is 6.42 Å². The van der Waals surface area contributed by atoms with Crippen LogP contribution in [0.4, 0.5) is 11.5 Å². The van der Waals surface area contributed by atoms with Crippen LogP contribution in [0.2, 0.25) is 0 Å². The number of nitrogens with zero attached hydrogens (tertiary/aromatic N) is 2. The summed E-state index contributed by atoms with van der Waals surface area (Å²) in [7, 11) is 0. The average Bonchev–Trinajstić information content (AvgIpc) is 2.48. The lowest BCUT2D eigenvalue weighted by Crippen LogP contribution is -2.07. The van der Waals surface area contributed by atoms with Crippen LogP contribution in [0.1, 0.15) is 31.0 Å². The first-order valence-electron chi connectivity index (χ1n) is 6.56. The van der Waals surface area contributed by atoms with Crippen LogP contribution in [0.3, 0.4) is 0 Å².